The van der Waals surface area contributed by atoms with E-state index in [4.69, 9.17) is 16.3 Å². The lowest BCUT2D eigenvalue weighted by Gasteiger charge is -2.13. The lowest BCUT2D eigenvalue weighted by molar-refractivity contribution is 0.210. The standard InChI is InChI=1S/C10H14ClNO/c1-3-4-8(2)13-9-5-6-12-10(11)7-9/h5-8H,3-4H2,1-2H3. The zero-order valence-corrected chi connectivity index (χ0v) is 8.71. The highest BCUT2D eigenvalue weighted by molar-refractivity contribution is 6.29. The third-order valence-electron chi connectivity index (χ3n) is 1.73. The van der Waals surface area contributed by atoms with E-state index in [0.717, 1.165) is 18.6 Å². The third kappa shape index (κ3) is 3.64. The molecule has 0 spiro atoms. The molecule has 1 atom stereocenters. The van der Waals surface area contributed by atoms with Gasteiger partial charge in [-0.1, -0.05) is 24.9 Å². The Hall–Kier alpha value is -0.760. The van der Waals surface area contributed by atoms with E-state index in [0.29, 0.717) is 5.15 Å². The maximum atomic E-state index is 5.71. The molecular formula is C10H14ClNO. The molecule has 1 rings (SSSR count). The second-order valence-corrected chi connectivity index (χ2v) is 3.42. The van der Waals surface area contributed by atoms with Crippen molar-refractivity contribution in [3.63, 3.8) is 0 Å². The predicted octanol–water partition coefficient (Wildman–Crippen LogP) is 3.30. The summed E-state index contributed by atoms with van der Waals surface area (Å²) >= 11 is 5.71. The molecule has 72 valence electrons. The van der Waals surface area contributed by atoms with Crippen molar-refractivity contribution in [3.8, 4) is 5.75 Å². The minimum atomic E-state index is 0.239. The molecule has 0 aromatic carbocycles. The second-order valence-electron chi connectivity index (χ2n) is 3.03. The molecule has 0 saturated heterocycles. The van der Waals surface area contributed by atoms with Crippen LogP contribution in [0, 0.1) is 0 Å². The van der Waals surface area contributed by atoms with Crippen molar-refractivity contribution >= 4 is 11.6 Å². The summed E-state index contributed by atoms with van der Waals surface area (Å²) < 4.78 is 5.61. The normalized spacial score (nSPS) is 12.5. The highest BCUT2D eigenvalue weighted by Gasteiger charge is 2.02. The SMILES string of the molecule is CCCC(C)Oc1ccnc(Cl)c1. The Bertz CT molecular complexity index is 265. The summed E-state index contributed by atoms with van der Waals surface area (Å²) in [5.74, 6) is 0.793. The van der Waals surface area contributed by atoms with Crippen LogP contribution < -0.4 is 4.74 Å². The molecule has 0 aliphatic rings. The first-order valence-electron chi connectivity index (χ1n) is 4.50. The number of hydrogen-bond donors (Lipinski definition) is 0. The average molecular weight is 200 g/mol. The van der Waals surface area contributed by atoms with Crippen molar-refractivity contribution in [1.82, 2.24) is 4.98 Å². The van der Waals surface area contributed by atoms with Crippen LogP contribution in [0.1, 0.15) is 26.7 Å². The van der Waals surface area contributed by atoms with E-state index in [-0.39, 0.29) is 6.10 Å². The van der Waals surface area contributed by atoms with Crippen LogP contribution in [0.25, 0.3) is 0 Å². The zero-order chi connectivity index (χ0) is 9.68. The molecule has 3 heteroatoms. The Morgan fingerprint density at radius 2 is 2.38 bits per heavy atom. The van der Waals surface area contributed by atoms with Gasteiger partial charge in [-0.3, -0.25) is 0 Å². The van der Waals surface area contributed by atoms with Gasteiger partial charge in [-0.2, -0.15) is 0 Å². The molecule has 2 nitrogen and oxygen atoms in total. The van der Waals surface area contributed by atoms with Gasteiger partial charge in [0.25, 0.3) is 0 Å². The van der Waals surface area contributed by atoms with Crippen molar-refractivity contribution in [3.05, 3.63) is 23.5 Å². The monoisotopic (exact) mass is 199 g/mol. The summed E-state index contributed by atoms with van der Waals surface area (Å²) in [4.78, 5) is 3.88. The van der Waals surface area contributed by atoms with Gasteiger partial charge in [0.05, 0.1) is 6.10 Å². The molecule has 0 saturated carbocycles. The van der Waals surface area contributed by atoms with Gasteiger partial charge in [-0.05, 0) is 19.4 Å². The fourth-order valence-electron chi connectivity index (χ4n) is 1.16. The molecule has 0 aliphatic heterocycles. The number of halogens is 1. The predicted molar refractivity (Wildman–Crippen MR) is 54.2 cm³/mol. The Balaban J connectivity index is 2.53. The van der Waals surface area contributed by atoms with Crippen molar-refractivity contribution in [2.75, 3.05) is 0 Å². The second kappa shape index (κ2) is 5.07. The molecule has 0 aliphatic carbocycles. The van der Waals surface area contributed by atoms with Gasteiger partial charge in [-0.15, -0.1) is 0 Å². The number of rotatable bonds is 4. The van der Waals surface area contributed by atoms with E-state index in [2.05, 4.69) is 18.8 Å². The molecule has 0 fully saturated rings. The van der Waals surface area contributed by atoms with Crippen molar-refractivity contribution in [2.45, 2.75) is 32.8 Å². The van der Waals surface area contributed by atoms with Gasteiger partial charge in [0.1, 0.15) is 10.9 Å². The lowest BCUT2D eigenvalue weighted by atomic mass is 10.2. The quantitative estimate of drug-likeness (QED) is 0.695. The first-order chi connectivity index (χ1) is 6.22. The fourth-order valence-corrected chi connectivity index (χ4v) is 1.32. The van der Waals surface area contributed by atoms with Gasteiger partial charge in [0.2, 0.25) is 0 Å². The van der Waals surface area contributed by atoms with E-state index < -0.39 is 0 Å². The van der Waals surface area contributed by atoms with Crippen LogP contribution in [0.3, 0.4) is 0 Å². The minimum absolute atomic E-state index is 0.239. The van der Waals surface area contributed by atoms with Crippen LogP contribution in [-0.2, 0) is 0 Å². The molecule has 0 bridgehead atoms. The first kappa shape index (κ1) is 10.3. The van der Waals surface area contributed by atoms with Crippen LogP contribution in [0.2, 0.25) is 5.15 Å². The zero-order valence-electron chi connectivity index (χ0n) is 7.96. The molecule has 1 heterocycles. The lowest BCUT2D eigenvalue weighted by Crippen LogP contribution is -2.10. The Kier molecular flexibility index (Phi) is 4.03. The maximum absolute atomic E-state index is 5.71. The molecule has 1 aromatic heterocycles. The molecule has 0 N–H and O–H groups in total. The summed E-state index contributed by atoms with van der Waals surface area (Å²) in [6.45, 7) is 4.19. The van der Waals surface area contributed by atoms with Crippen molar-refractivity contribution in [2.24, 2.45) is 0 Å². The van der Waals surface area contributed by atoms with Crippen LogP contribution in [0.15, 0.2) is 18.3 Å². The van der Waals surface area contributed by atoms with E-state index in [1.54, 1.807) is 12.3 Å². The van der Waals surface area contributed by atoms with Crippen LogP contribution >= 0.6 is 11.6 Å². The van der Waals surface area contributed by atoms with Gasteiger partial charge in [0, 0.05) is 12.3 Å². The van der Waals surface area contributed by atoms with E-state index in [1.807, 2.05) is 6.07 Å². The Morgan fingerprint density at radius 3 is 3.00 bits per heavy atom. The van der Waals surface area contributed by atoms with Crippen LogP contribution in [0.5, 0.6) is 5.75 Å². The van der Waals surface area contributed by atoms with Crippen molar-refractivity contribution < 1.29 is 4.74 Å². The van der Waals surface area contributed by atoms with Gasteiger partial charge in [0.15, 0.2) is 0 Å². The van der Waals surface area contributed by atoms with Gasteiger partial charge < -0.3 is 4.74 Å². The van der Waals surface area contributed by atoms with Crippen molar-refractivity contribution in [1.29, 1.82) is 0 Å². The van der Waals surface area contributed by atoms with E-state index >= 15 is 0 Å². The summed E-state index contributed by atoms with van der Waals surface area (Å²) in [6, 6.07) is 3.55. The molecule has 0 amide bonds. The minimum Gasteiger partial charge on any atom is -0.491 e. The number of hydrogen-bond acceptors (Lipinski definition) is 2. The molecule has 13 heavy (non-hydrogen) atoms. The van der Waals surface area contributed by atoms with Crippen LogP contribution in [0.4, 0.5) is 0 Å². The van der Waals surface area contributed by atoms with E-state index in [1.165, 1.54) is 0 Å². The Morgan fingerprint density at radius 1 is 1.62 bits per heavy atom. The highest BCUT2D eigenvalue weighted by atomic mass is 35.5. The summed E-state index contributed by atoms with van der Waals surface area (Å²) in [7, 11) is 0. The number of aromatic nitrogens is 1. The number of pyridine rings is 1. The van der Waals surface area contributed by atoms with Crippen LogP contribution in [-0.4, -0.2) is 11.1 Å². The number of ether oxygens (including phenoxy) is 1. The largest absolute Gasteiger partial charge is 0.491 e. The topological polar surface area (TPSA) is 22.1 Å². The Labute approximate surface area is 83.9 Å². The average Bonchev–Trinajstić information content (AvgIpc) is 2.04. The third-order valence-corrected chi connectivity index (χ3v) is 1.94. The summed E-state index contributed by atoms with van der Waals surface area (Å²) in [5, 5.41) is 0.473. The fraction of sp³-hybridized carbons (Fsp3) is 0.500. The van der Waals surface area contributed by atoms with E-state index in [9.17, 15) is 0 Å². The highest BCUT2D eigenvalue weighted by Crippen LogP contribution is 2.16. The first-order valence-corrected chi connectivity index (χ1v) is 4.88. The molecular weight excluding hydrogens is 186 g/mol. The van der Waals surface area contributed by atoms with Gasteiger partial charge >= 0.3 is 0 Å². The summed E-state index contributed by atoms with van der Waals surface area (Å²) in [5.41, 5.74) is 0. The van der Waals surface area contributed by atoms with Gasteiger partial charge in [-0.25, -0.2) is 4.98 Å². The molecule has 1 aromatic rings. The maximum Gasteiger partial charge on any atom is 0.132 e. The molecule has 1 unspecified atom stereocenters. The smallest absolute Gasteiger partial charge is 0.132 e. The molecule has 0 radical (unpaired) electrons. The number of nitrogens with zero attached hydrogens (tertiary/aromatic N) is 1. The summed E-state index contributed by atoms with van der Waals surface area (Å²) in [6.07, 6.45) is 4.07.